The number of hydrogen-bond donors (Lipinski definition) is 0. The summed E-state index contributed by atoms with van der Waals surface area (Å²) in [5.74, 6) is 0.888. The molecule has 0 unspecified atom stereocenters. The van der Waals surface area contributed by atoms with Crippen LogP contribution in [0.1, 0.15) is 5.69 Å². The van der Waals surface area contributed by atoms with Crippen LogP contribution in [-0.2, 0) is 5.75 Å². The van der Waals surface area contributed by atoms with Crippen LogP contribution in [0.5, 0.6) is 0 Å². The summed E-state index contributed by atoms with van der Waals surface area (Å²) in [6, 6.07) is 18.6. The van der Waals surface area contributed by atoms with Crippen molar-refractivity contribution in [1.29, 1.82) is 0 Å². The van der Waals surface area contributed by atoms with Crippen molar-refractivity contribution in [2.75, 3.05) is 0 Å². The van der Waals surface area contributed by atoms with Crippen LogP contribution in [0, 0.1) is 0 Å². The molecule has 0 spiro atoms. The van der Waals surface area contributed by atoms with Gasteiger partial charge in [-0.25, -0.2) is 4.68 Å². The monoisotopic (exact) mass is 265 g/mol. The zero-order valence-electron chi connectivity index (χ0n) is 10.2. The van der Waals surface area contributed by atoms with Crippen LogP contribution in [-0.4, -0.2) is 15.0 Å². The van der Waals surface area contributed by atoms with Gasteiger partial charge >= 0.3 is 0 Å². The molecule has 19 heavy (non-hydrogen) atoms. The Morgan fingerprint density at radius 3 is 2.63 bits per heavy atom. The third-order valence-corrected chi connectivity index (χ3v) is 4.33. The first kappa shape index (κ1) is 10.8. The number of fused-ring (bicyclic) bond motifs is 3. The molecule has 3 aromatic rings. The zero-order chi connectivity index (χ0) is 12.7. The van der Waals surface area contributed by atoms with Gasteiger partial charge in [0, 0.05) is 16.2 Å². The highest BCUT2D eigenvalue weighted by molar-refractivity contribution is 7.98. The lowest BCUT2D eigenvalue weighted by Crippen LogP contribution is -2.02. The van der Waals surface area contributed by atoms with Crippen molar-refractivity contribution in [3.63, 3.8) is 0 Å². The molecule has 0 N–H and O–H groups in total. The molecule has 1 aromatic heterocycles. The first-order valence-electron chi connectivity index (χ1n) is 6.16. The van der Waals surface area contributed by atoms with E-state index in [-0.39, 0.29) is 0 Å². The lowest BCUT2D eigenvalue weighted by atomic mass is 10.1. The maximum atomic E-state index is 4.32. The standard InChI is InChI=1S/C15H11N3S/c1-2-6-11(7-3-1)18-15-12-8-4-5-9-14(12)19-10-13(15)16-17-18/h1-9H,10H2. The second-order valence-corrected chi connectivity index (χ2v) is 5.43. The molecule has 4 heteroatoms. The average Bonchev–Trinajstić information content (AvgIpc) is 2.92. The molecule has 0 amide bonds. The summed E-state index contributed by atoms with van der Waals surface area (Å²) in [5, 5.41) is 8.64. The van der Waals surface area contributed by atoms with Gasteiger partial charge in [-0.05, 0) is 18.2 Å². The minimum Gasteiger partial charge on any atom is -0.212 e. The Kier molecular flexibility index (Phi) is 2.42. The van der Waals surface area contributed by atoms with Crippen molar-refractivity contribution in [1.82, 2.24) is 15.0 Å². The summed E-state index contributed by atoms with van der Waals surface area (Å²) in [5.41, 5.74) is 4.47. The van der Waals surface area contributed by atoms with Gasteiger partial charge in [-0.15, -0.1) is 16.9 Å². The van der Waals surface area contributed by atoms with Crippen LogP contribution in [0.3, 0.4) is 0 Å². The predicted octanol–water partition coefficient (Wildman–Crippen LogP) is 3.54. The van der Waals surface area contributed by atoms with E-state index < -0.39 is 0 Å². The fraction of sp³-hybridized carbons (Fsp3) is 0.0667. The molecule has 0 bridgehead atoms. The van der Waals surface area contributed by atoms with Crippen LogP contribution in [0.25, 0.3) is 16.9 Å². The van der Waals surface area contributed by atoms with E-state index in [1.165, 1.54) is 10.5 Å². The number of thioether (sulfide) groups is 1. The lowest BCUT2D eigenvalue weighted by molar-refractivity contribution is 0.804. The van der Waals surface area contributed by atoms with Gasteiger partial charge in [0.25, 0.3) is 0 Å². The number of aromatic nitrogens is 3. The summed E-state index contributed by atoms with van der Waals surface area (Å²) in [6.45, 7) is 0. The minimum absolute atomic E-state index is 0.888. The van der Waals surface area contributed by atoms with Gasteiger partial charge in [-0.1, -0.05) is 41.6 Å². The van der Waals surface area contributed by atoms with Gasteiger partial charge in [0.2, 0.25) is 0 Å². The fourth-order valence-electron chi connectivity index (χ4n) is 2.36. The van der Waals surface area contributed by atoms with E-state index in [0.29, 0.717) is 0 Å². The van der Waals surface area contributed by atoms with Crippen LogP contribution in [0.2, 0.25) is 0 Å². The number of benzene rings is 2. The molecule has 0 fully saturated rings. The third-order valence-electron chi connectivity index (χ3n) is 3.25. The predicted molar refractivity (Wildman–Crippen MR) is 76.4 cm³/mol. The Morgan fingerprint density at radius 2 is 1.74 bits per heavy atom. The topological polar surface area (TPSA) is 30.7 Å². The molecule has 92 valence electrons. The fourth-order valence-corrected chi connectivity index (χ4v) is 3.35. The summed E-state index contributed by atoms with van der Waals surface area (Å²) in [6.07, 6.45) is 0. The second kappa shape index (κ2) is 4.24. The molecule has 1 aliphatic rings. The van der Waals surface area contributed by atoms with Crippen LogP contribution >= 0.6 is 11.8 Å². The molecule has 0 radical (unpaired) electrons. The number of nitrogens with zero attached hydrogens (tertiary/aromatic N) is 3. The molecule has 4 rings (SSSR count). The maximum Gasteiger partial charge on any atom is 0.101 e. The summed E-state index contributed by atoms with van der Waals surface area (Å²) >= 11 is 1.82. The van der Waals surface area contributed by atoms with Gasteiger partial charge in [-0.2, -0.15) is 0 Å². The molecule has 0 saturated carbocycles. The smallest absolute Gasteiger partial charge is 0.101 e. The molecule has 2 heterocycles. The molecular weight excluding hydrogens is 254 g/mol. The molecule has 0 aliphatic carbocycles. The Bertz CT molecular complexity index is 734. The van der Waals surface area contributed by atoms with Crippen LogP contribution < -0.4 is 0 Å². The Hall–Kier alpha value is -2.07. The molecular formula is C15H11N3S. The van der Waals surface area contributed by atoms with Crippen molar-refractivity contribution < 1.29 is 0 Å². The van der Waals surface area contributed by atoms with Gasteiger partial charge in [0.15, 0.2) is 0 Å². The number of hydrogen-bond acceptors (Lipinski definition) is 3. The van der Waals surface area contributed by atoms with E-state index in [1.807, 2.05) is 34.6 Å². The van der Waals surface area contributed by atoms with Gasteiger partial charge in [0.05, 0.1) is 11.4 Å². The normalized spacial score (nSPS) is 12.8. The summed E-state index contributed by atoms with van der Waals surface area (Å²) in [4.78, 5) is 1.30. The largest absolute Gasteiger partial charge is 0.212 e. The molecule has 0 saturated heterocycles. The van der Waals surface area contributed by atoms with Crippen LogP contribution in [0.15, 0.2) is 59.5 Å². The number of para-hydroxylation sites is 1. The van der Waals surface area contributed by atoms with Gasteiger partial charge in [0.1, 0.15) is 5.69 Å². The van der Waals surface area contributed by atoms with Crippen molar-refractivity contribution in [3.8, 4) is 16.9 Å². The molecule has 0 atom stereocenters. The Labute approximate surface area is 115 Å². The maximum absolute atomic E-state index is 4.32. The highest BCUT2D eigenvalue weighted by Gasteiger charge is 2.23. The quantitative estimate of drug-likeness (QED) is 0.674. The Balaban J connectivity index is 1.97. The van der Waals surface area contributed by atoms with Crippen LogP contribution in [0.4, 0.5) is 0 Å². The van der Waals surface area contributed by atoms with E-state index >= 15 is 0 Å². The SMILES string of the molecule is c1ccc(-n2nnc3c2-c2ccccc2SC3)cc1. The first-order valence-corrected chi connectivity index (χ1v) is 7.14. The first-order chi connectivity index (χ1) is 9.43. The second-order valence-electron chi connectivity index (χ2n) is 4.42. The van der Waals surface area contributed by atoms with Crippen molar-refractivity contribution in [2.24, 2.45) is 0 Å². The highest BCUT2D eigenvalue weighted by atomic mass is 32.2. The van der Waals surface area contributed by atoms with E-state index in [2.05, 4.69) is 46.7 Å². The summed E-state index contributed by atoms with van der Waals surface area (Å²) in [7, 11) is 0. The zero-order valence-corrected chi connectivity index (χ0v) is 11.0. The number of rotatable bonds is 1. The highest BCUT2D eigenvalue weighted by Crippen LogP contribution is 2.40. The molecule has 2 aromatic carbocycles. The van der Waals surface area contributed by atoms with E-state index in [9.17, 15) is 0 Å². The van der Waals surface area contributed by atoms with Gasteiger partial charge in [-0.3, -0.25) is 0 Å². The lowest BCUT2D eigenvalue weighted by Gasteiger charge is -2.16. The minimum atomic E-state index is 0.888. The van der Waals surface area contributed by atoms with E-state index in [1.54, 1.807) is 0 Å². The molecule has 1 aliphatic heterocycles. The summed E-state index contributed by atoms with van der Waals surface area (Å²) < 4.78 is 1.94. The molecule has 3 nitrogen and oxygen atoms in total. The van der Waals surface area contributed by atoms with Crippen molar-refractivity contribution in [3.05, 3.63) is 60.3 Å². The average molecular weight is 265 g/mol. The van der Waals surface area contributed by atoms with Crippen molar-refractivity contribution in [2.45, 2.75) is 10.6 Å². The van der Waals surface area contributed by atoms with Gasteiger partial charge < -0.3 is 0 Å². The van der Waals surface area contributed by atoms with E-state index in [4.69, 9.17) is 0 Å². The Morgan fingerprint density at radius 1 is 0.947 bits per heavy atom. The van der Waals surface area contributed by atoms with Crippen molar-refractivity contribution >= 4 is 11.8 Å². The third kappa shape index (κ3) is 1.68. The van der Waals surface area contributed by atoms with E-state index in [0.717, 1.165) is 22.8 Å².